The second-order valence-electron chi connectivity index (χ2n) is 5.71. The van der Waals surface area contributed by atoms with Crippen LogP contribution < -0.4 is 5.32 Å². The fraction of sp³-hybridized carbons (Fsp3) is 0.158. The summed E-state index contributed by atoms with van der Waals surface area (Å²) in [6.45, 7) is 1.99. The van der Waals surface area contributed by atoms with Gasteiger partial charge in [0.1, 0.15) is 11.6 Å². The van der Waals surface area contributed by atoms with E-state index in [1.807, 2.05) is 25.1 Å². The molecule has 3 aromatic rings. The van der Waals surface area contributed by atoms with Crippen LogP contribution in [0.1, 0.15) is 18.5 Å². The Morgan fingerprint density at radius 1 is 1.04 bits per heavy atom. The zero-order valence-corrected chi connectivity index (χ0v) is 14.8. The van der Waals surface area contributed by atoms with E-state index < -0.39 is 10.8 Å². The molecule has 1 unspecified atom stereocenters. The molecule has 128 valence electrons. The summed E-state index contributed by atoms with van der Waals surface area (Å²) in [4.78, 5) is 9.24. The van der Waals surface area contributed by atoms with Gasteiger partial charge in [0.05, 0.1) is 15.7 Å². The number of nitrogens with one attached hydrogen (secondary N) is 1. The summed E-state index contributed by atoms with van der Waals surface area (Å²) >= 11 is 0. The van der Waals surface area contributed by atoms with E-state index in [9.17, 15) is 8.60 Å². The Morgan fingerprint density at radius 2 is 1.80 bits per heavy atom. The van der Waals surface area contributed by atoms with Crippen molar-refractivity contribution in [3.63, 3.8) is 0 Å². The predicted molar refractivity (Wildman–Crippen MR) is 98.2 cm³/mol. The smallest absolute Gasteiger partial charge is 0.126 e. The van der Waals surface area contributed by atoms with E-state index in [1.54, 1.807) is 37.0 Å². The van der Waals surface area contributed by atoms with E-state index in [0.717, 1.165) is 22.5 Å². The van der Waals surface area contributed by atoms with Gasteiger partial charge in [-0.25, -0.2) is 9.37 Å². The Morgan fingerprint density at radius 3 is 2.44 bits per heavy atom. The van der Waals surface area contributed by atoms with Crippen molar-refractivity contribution in [3.8, 4) is 11.1 Å². The van der Waals surface area contributed by atoms with Gasteiger partial charge in [0.15, 0.2) is 0 Å². The molecule has 1 aromatic carbocycles. The lowest BCUT2D eigenvalue weighted by molar-refractivity contribution is 0.626. The van der Waals surface area contributed by atoms with Crippen molar-refractivity contribution in [2.75, 3.05) is 11.6 Å². The number of hydrogen-bond acceptors (Lipinski definition) is 4. The van der Waals surface area contributed by atoms with Crippen LogP contribution in [-0.4, -0.2) is 20.4 Å². The minimum atomic E-state index is -1.07. The lowest BCUT2D eigenvalue weighted by Gasteiger charge is -2.15. The zero-order chi connectivity index (χ0) is 17.8. The van der Waals surface area contributed by atoms with Crippen molar-refractivity contribution in [1.29, 1.82) is 0 Å². The third-order valence-corrected chi connectivity index (χ3v) is 4.76. The molecule has 0 radical (unpaired) electrons. The van der Waals surface area contributed by atoms with Gasteiger partial charge in [0.25, 0.3) is 0 Å². The molecule has 1 N–H and O–H groups in total. The molecule has 0 amide bonds. The Labute approximate surface area is 148 Å². The quantitative estimate of drug-likeness (QED) is 0.745. The fourth-order valence-electron chi connectivity index (χ4n) is 2.44. The van der Waals surface area contributed by atoms with Gasteiger partial charge in [0.2, 0.25) is 0 Å². The average Bonchev–Trinajstić information content (AvgIpc) is 2.63. The van der Waals surface area contributed by atoms with Crippen molar-refractivity contribution in [3.05, 3.63) is 72.4 Å². The van der Waals surface area contributed by atoms with Crippen LogP contribution in [0.4, 0.5) is 10.2 Å². The van der Waals surface area contributed by atoms with Crippen LogP contribution in [0.15, 0.2) is 66.0 Å². The molecule has 6 heteroatoms. The van der Waals surface area contributed by atoms with Gasteiger partial charge in [0, 0.05) is 42.0 Å². The molecular formula is C19H18FN3OS. The standard InChI is InChI=1S/C19H18FN3OS/c1-13(14-3-6-17(20)7-4-14)23-19-8-5-15(11-22-19)16-9-18(25(2)24)12-21-10-16/h3-13H,1-2H3,(H,22,23)/t13-,25?/m1/s1. The van der Waals surface area contributed by atoms with Gasteiger partial charge >= 0.3 is 0 Å². The molecule has 0 aliphatic heterocycles. The molecule has 4 nitrogen and oxygen atoms in total. The molecule has 0 fully saturated rings. The first kappa shape index (κ1) is 17.2. The summed E-state index contributed by atoms with van der Waals surface area (Å²) in [5.74, 6) is 0.478. The number of hydrogen-bond donors (Lipinski definition) is 1. The highest BCUT2D eigenvalue weighted by Gasteiger charge is 2.07. The zero-order valence-electron chi connectivity index (χ0n) is 13.9. The van der Waals surface area contributed by atoms with Crippen LogP contribution in [0, 0.1) is 5.82 Å². The molecule has 0 aliphatic carbocycles. The third-order valence-electron chi connectivity index (χ3n) is 3.88. The highest BCUT2D eigenvalue weighted by Crippen LogP contribution is 2.23. The van der Waals surface area contributed by atoms with E-state index in [4.69, 9.17) is 0 Å². The number of aromatic nitrogens is 2. The average molecular weight is 355 g/mol. The summed E-state index contributed by atoms with van der Waals surface area (Å²) in [6, 6.07) is 12.1. The van der Waals surface area contributed by atoms with Crippen molar-refractivity contribution < 1.29 is 8.60 Å². The molecule has 2 atom stereocenters. The molecule has 2 heterocycles. The van der Waals surface area contributed by atoms with Gasteiger partial charge < -0.3 is 5.32 Å². The Bertz CT molecular complexity index is 882. The number of rotatable bonds is 5. The van der Waals surface area contributed by atoms with Gasteiger partial charge in [-0.3, -0.25) is 9.19 Å². The van der Waals surface area contributed by atoms with Crippen LogP contribution in [0.5, 0.6) is 0 Å². The maximum Gasteiger partial charge on any atom is 0.126 e. The first-order chi connectivity index (χ1) is 12.0. The van der Waals surface area contributed by atoms with E-state index in [0.29, 0.717) is 4.90 Å². The van der Waals surface area contributed by atoms with Crippen LogP contribution in [0.25, 0.3) is 11.1 Å². The second kappa shape index (κ2) is 7.53. The molecule has 2 aromatic heterocycles. The molecule has 25 heavy (non-hydrogen) atoms. The summed E-state index contributed by atoms with van der Waals surface area (Å²) in [7, 11) is -1.07. The van der Waals surface area contributed by atoms with Crippen LogP contribution in [0.2, 0.25) is 0 Å². The molecular weight excluding hydrogens is 337 g/mol. The monoisotopic (exact) mass is 355 g/mol. The van der Waals surface area contributed by atoms with Crippen LogP contribution in [0.3, 0.4) is 0 Å². The highest BCUT2D eigenvalue weighted by molar-refractivity contribution is 7.84. The number of pyridine rings is 2. The van der Waals surface area contributed by atoms with E-state index >= 15 is 0 Å². The van der Waals surface area contributed by atoms with Crippen LogP contribution >= 0.6 is 0 Å². The van der Waals surface area contributed by atoms with E-state index in [-0.39, 0.29) is 11.9 Å². The molecule has 0 aliphatic rings. The fourth-order valence-corrected chi connectivity index (χ4v) is 2.94. The van der Waals surface area contributed by atoms with Gasteiger partial charge in [-0.15, -0.1) is 0 Å². The van der Waals surface area contributed by atoms with Crippen LogP contribution in [-0.2, 0) is 10.8 Å². The molecule has 0 bridgehead atoms. The minimum Gasteiger partial charge on any atom is -0.364 e. The SMILES string of the molecule is C[C@@H](Nc1ccc(-c2cncc(S(C)=O)c2)cn1)c1ccc(F)cc1. The lowest BCUT2D eigenvalue weighted by Crippen LogP contribution is -2.07. The normalized spacial score (nSPS) is 13.2. The van der Waals surface area contributed by atoms with Crippen molar-refractivity contribution >= 4 is 16.6 Å². The lowest BCUT2D eigenvalue weighted by atomic mass is 10.1. The van der Waals surface area contributed by atoms with Crippen molar-refractivity contribution in [2.45, 2.75) is 17.9 Å². The molecule has 0 saturated carbocycles. The summed E-state index contributed by atoms with van der Waals surface area (Å²) in [5, 5.41) is 3.29. The first-order valence-corrected chi connectivity index (χ1v) is 9.35. The van der Waals surface area contributed by atoms with E-state index in [2.05, 4.69) is 15.3 Å². The predicted octanol–water partition coefficient (Wildman–Crippen LogP) is 4.19. The van der Waals surface area contributed by atoms with Gasteiger partial charge in [-0.2, -0.15) is 0 Å². The largest absolute Gasteiger partial charge is 0.364 e. The number of halogens is 1. The molecule has 3 rings (SSSR count). The number of nitrogens with zero attached hydrogens (tertiary/aromatic N) is 2. The third kappa shape index (κ3) is 4.28. The summed E-state index contributed by atoms with van der Waals surface area (Å²) in [5.41, 5.74) is 2.76. The number of anilines is 1. The van der Waals surface area contributed by atoms with Crippen molar-refractivity contribution in [2.24, 2.45) is 0 Å². The summed E-state index contributed by atoms with van der Waals surface area (Å²) < 4.78 is 24.6. The molecule has 0 saturated heterocycles. The Kier molecular flexibility index (Phi) is 5.19. The number of benzene rings is 1. The maximum atomic E-state index is 13.0. The Hall–Kier alpha value is -2.60. The highest BCUT2D eigenvalue weighted by atomic mass is 32.2. The van der Waals surface area contributed by atoms with E-state index in [1.165, 1.54) is 12.1 Å². The topological polar surface area (TPSA) is 54.9 Å². The first-order valence-electron chi connectivity index (χ1n) is 7.80. The maximum absolute atomic E-state index is 13.0. The summed E-state index contributed by atoms with van der Waals surface area (Å²) in [6.07, 6.45) is 6.71. The van der Waals surface area contributed by atoms with Gasteiger partial charge in [-0.1, -0.05) is 12.1 Å². The minimum absolute atomic E-state index is 0.00598. The second-order valence-corrected chi connectivity index (χ2v) is 7.09. The molecule has 0 spiro atoms. The van der Waals surface area contributed by atoms with Crippen molar-refractivity contribution in [1.82, 2.24) is 9.97 Å². The Balaban J connectivity index is 1.75. The van der Waals surface area contributed by atoms with Gasteiger partial charge in [-0.05, 0) is 42.8 Å².